The summed E-state index contributed by atoms with van der Waals surface area (Å²) < 4.78 is 29.0. The van der Waals surface area contributed by atoms with E-state index in [1.165, 1.54) is 0 Å². The summed E-state index contributed by atoms with van der Waals surface area (Å²) in [5.41, 5.74) is 0. The summed E-state index contributed by atoms with van der Waals surface area (Å²) in [6.07, 6.45) is 0. The van der Waals surface area contributed by atoms with E-state index < -0.39 is 20.9 Å². The Morgan fingerprint density at radius 2 is 1.82 bits per heavy atom. The normalized spacial score (nSPS) is 20.9. The van der Waals surface area contributed by atoms with Gasteiger partial charge in [0, 0.05) is 0 Å². The van der Waals surface area contributed by atoms with Crippen LogP contribution in [-0.4, -0.2) is 23.7 Å². The van der Waals surface area contributed by atoms with Crippen LogP contribution >= 0.6 is 12.6 Å². The predicted octanol–water partition coefficient (Wildman–Crippen LogP) is 0.291. The molecule has 11 heavy (non-hydrogen) atoms. The van der Waals surface area contributed by atoms with Gasteiger partial charge in [-0.1, -0.05) is 0 Å². The first-order chi connectivity index (χ1) is 4.91. The van der Waals surface area contributed by atoms with E-state index in [9.17, 15) is 8.42 Å². The average Bonchev–Trinajstić information content (AvgIpc) is 2.09. The van der Waals surface area contributed by atoms with Gasteiger partial charge in [-0.25, -0.2) is 0 Å². The van der Waals surface area contributed by atoms with Gasteiger partial charge in [-0.05, 0) is 10.4 Å². The Morgan fingerprint density at radius 3 is 2.18 bits per heavy atom. The number of thiol groups is 1. The van der Waals surface area contributed by atoms with Crippen LogP contribution in [0.15, 0.2) is 20.7 Å². The third-order valence-electron chi connectivity index (χ3n) is 0.826. The van der Waals surface area contributed by atoms with Gasteiger partial charge in [0.15, 0.2) is 0 Å². The number of nitrogens with zero attached hydrogens (tertiary/aromatic N) is 4. The molecular formula is C2H4N4O3S2. The van der Waals surface area contributed by atoms with Crippen molar-refractivity contribution in [3.05, 3.63) is 0 Å². The molecule has 1 rings (SSSR count). The van der Waals surface area contributed by atoms with Crippen molar-refractivity contribution in [2.75, 3.05) is 5.75 Å². The fourth-order valence-electron chi connectivity index (χ4n) is 0.506. The topological polar surface area (TPSA) is 104 Å². The fraction of sp³-hybridized carbons (Fsp3) is 1.00. The molecule has 62 valence electrons. The second-order valence-corrected chi connectivity index (χ2v) is 4.05. The zero-order valence-electron chi connectivity index (χ0n) is 5.12. The Balaban J connectivity index is 2.78. The summed E-state index contributed by atoms with van der Waals surface area (Å²) >= 11 is 3.71. The molecule has 0 saturated heterocycles. The van der Waals surface area contributed by atoms with Crippen LogP contribution in [0.2, 0.25) is 0 Å². The van der Waals surface area contributed by atoms with Crippen LogP contribution in [0.1, 0.15) is 0 Å². The lowest BCUT2D eigenvalue weighted by atomic mass is 10.6. The van der Waals surface area contributed by atoms with Crippen LogP contribution in [-0.2, 0) is 10.1 Å². The molecule has 1 heterocycles. The number of rotatable bonds is 2. The zero-order valence-corrected chi connectivity index (χ0v) is 6.83. The van der Waals surface area contributed by atoms with Gasteiger partial charge in [0.1, 0.15) is 5.75 Å². The molecule has 0 spiro atoms. The van der Waals surface area contributed by atoms with Gasteiger partial charge in [-0.2, -0.15) is 8.42 Å². The molecule has 0 aromatic rings. The smallest absolute Gasteiger partial charge is 0.270 e. The predicted molar refractivity (Wildman–Crippen MR) is 37.8 cm³/mol. The highest BCUT2D eigenvalue weighted by Gasteiger charge is 2.33. The van der Waals surface area contributed by atoms with Crippen molar-refractivity contribution < 1.29 is 13.0 Å². The molecule has 0 saturated carbocycles. The Bertz CT molecular complexity index is 293. The molecule has 0 fully saturated rings. The summed E-state index contributed by atoms with van der Waals surface area (Å²) in [5.74, 6) is -0.726. The van der Waals surface area contributed by atoms with Crippen molar-refractivity contribution in [3.8, 4) is 0 Å². The first-order valence-corrected chi connectivity index (χ1v) is 4.49. The average molecular weight is 196 g/mol. The molecule has 1 N–H and O–H groups in total. The van der Waals surface area contributed by atoms with Gasteiger partial charge >= 0.3 is 0 Å². The quantitative estimate of drug-likeness (QED) is 0.490. The van der Waals surface area contributed by atoms with E-state index in [1.54, 1.807) is 0 Å². The van der Waals surface area contributed by atoms with Crippen molar-refractivity contribution in [3.63, 3.8) is 0 Å². The second-order valence-electron chi connectivity index (χ2n) is 1.88. The van der Waals surface area contributed by atoms with Crippen molar-refractivity contribution in [1.29, 1.82) is 0 Å². The molecule has 0 atom stereocenters. The Labute approximate surface area is 67.7 Å². The van der Waals surface area contributed by atoms with Gasteiger partial charge in [0.25, 0.3) is 15.1 Å². The molecule has 1 aliphatic heterocycles. The van der Waals surface area contributed by atoms with Crippen molar-refractivity contribution in [2.24, 2.45) is 20.7 Å². The Morgan fingerprint density at radius 1 is 1.36 bits per heavy atom. The van der Waals surface area contributed by atoms with Crippen molar-refractivity contribution in [1.82, 2.24) is 0 Å². The largest absolute Gasteiger partial charge is 0.285 e. The molecule has 0 aromatic carbocycles. The molecule has 9 heteroatoms. The lowest BCUT2D eigenvalue weighted by molar-refractivity contribution is 0.474. The van der Waals surface area contributed by atoms with Crippen LogP contribution in [0.4, 0.5) is 0 Å². The third kappa shape index (κ3) is 2.52. The Kier molecular flexibility index (Phi) is 1.94. The summed E-state index contributed by atoms with van der Waals surface area (Å²) in [6.45, 7) is 0. The third-order valence-corrected chi connectivity index (χ3v) is 2.14. The van der Waals surface area contributed by atoms with Gasteiger partial charge in [0.05, 0.1) is 0 Å². The molecule has 0 aromatic heterocycles. The molecule has 0 unspecified atom stereocenters. The van der Waals surface area contributed by atoms with Gasteiger partial charge in [0.2, 0.25) is 0 Å². The second kappa shape index (κ2) is 2.50. The highest BCUT2D eigenvalue weighted by molar-refractivity contribution is 7.88. The van der Waals surface area contributed by atoms with Crippen LogP contribution in [0, 0.1) is 0 Å². The molecule has 0 amide bonds. The standard InChI is InChI=1S/C2H4N4O3S2/c7-11(8,9)1-2(10)3-5-6-4-2/h10H,1H2,(H,7,8,9). The Hall–Kier alpha value is -0.540. The molecular weight excluding hydrogens is 192 g/mol. The summed E-state index contributed by atoms with van der Waals surface area (Å²) in [6, 6.07) is 0. The van der Waals surface area contributed by atoms with Crippen LogP contribution in [0.25, 0.3) is 0 Å². The molecule has 0 radical (unpaired) electrons. The SMILES string of the molecule is O=S(=O)(O)CC1(S)N=NN=N1. The lowest BCUT2D eigenvalue weighted by Gasteiger charge is -2.08. The summed E-state index contributed by atoms with van der Waals surface area (Å²) in [7, 11) is -4.15. The summed E-state index contributed by atoms with van der Waals surface area (Å²) in [4.78, 5) is -1.55. The highest BCUT2D eigenvalue weighted by Crippen LogP contribution is 2.25. The van der Waals surface area contributed by atoms with Crippen molar-refractivity contribution >= 4 is 22.7 Å². The van der Waals surface area contributed by atoms with E-state index >= 15 is 0 Å². The van der Waals surface area contributed by atoms with E-state index in [-0.39, 0.29) is 0 Å². The van der Waals surface area contributed by atoms with E-state index in [0.717, 1.165) is 0 Å². The van der Waals surface area contributed by atoms with Gasteiger partial charge < -0.3 is 0 Å². The monoisotopic (exact) mass is 196 g/mol. The van der Waals surface area contributed by atoms with E-state index in [0.29, 0.717) is 0 Å². The fourth-order valence-corrected chi connectivity index (χ4v) is 1.68. The molecule has 0 bridgehead atoms. The first-order valence-electron chi connectivity index (χ1n) is 2.43. The minimum atomic E-state index is -4.15. The zero-order chi connectivity index (χ0) is 8.54. The van der Waals surface area contributed by atoms with Gasteiger partial charge in [-0.3, -0.25) is 4.55 Å². The van der Waals surface area contributed by atoms with Crippen LogP contribution in [0.3, 0.4) is 0 Å². The first kappa shape index (κ1) is 8.56. The maximum absolute atomic E-state index is 10.3. The highest BCUT2D eigenvalue weighted by atomic mass is 32.2. The minimum Gasteiger partial charge on any atom is -0.285 e. The van der Waals surface area contributed by atoms with Crippen molar-refractivity contribution in [2.45, 2.75) is 4.99 Å². The number of hydrogen-bond acceptors (Lipinski definition) is 7. The van der Waals surface area contributed by atoms with E-state index in [2.05, 4.69) is 33.3 Å². The lowest BCUT2D eigenvalue weighted by Crippen LogP contribution is -2.25. The maximum atomic E-state index is 10.3. The molecule has 1 aliphatic rings. The van der Waals surface area contributed by atoms with E-state index in [1.807, 2.05) is 0 Å². The summed E-state index contributed by atoms with van der Waals surface area (Å²) in [5, 5.41) is 12.6. The minimum absolute atomic E-state index is 0.726. The molecule has 7 nitrogen and oxygen atoms in total. The van der Waals surface area contributed by atoms with Gasteiger partial charge in [-0.15, -0.1) is 22.9 Å². The number of hydrogen-bond donors (Lipinski definition) is 2. The van der Waals surface area contributed by atoms with E-state index in [4.69, 9.17) is 4.55 Å². The molecule has 0 aliphatic carbocycles. The maximum Gasteiger partial charge on any atom is 0.270 e. The van der Waals surface area contributed by atoms with Crippen LogP contribution in [0.5, 0.6) is 0 Å². The van der Waals surface area contributed by atoms with Crippen LogP contribution < -0.4 is 0 Å².